The number of ketones is 1. The summed E-state index contributed by atoms with van der Waals surface area (Å²) in [6, 6.07) is 9.90. The first-order valence-electron chi connectivity index (χ1n) is 5.31. The zero-order chi connectivity index (χ0) is 13.0. The summed E-state index contributed by atoms with van der Waals surface area (Å²) >= 11 is 0. The Morgan fingerprint density at radius 2 is 1.94 bits per heavy atom. The average molecular weight is 245 g/mol. The van der Waals surface area contributed by atoms with E-state index in [-0.39, 0.29) is 18.1 Å². The van der Waals surface area contributed by atoms with E-state index in [4.69, 9.17) is 9.52 Å². The van der Waals surface area contributed by atoms with E-state index < -0.39 is 5.97 Å². The Morgan fingerprint density at radius 3 is 2.61 bits per heavy atom. The van der Waals surface area contributed by atoms with Gasteiger partial charge in [0.1, 0.15) is 6.54 Å². The Labute approximate surface area is 103 Å². The van der Waals surface area contributed by atoms with Gasteiger partial charge in [-0.05, 0) is 24.3 Å². The van der Waals surface area contributed by atoms with Crippen LogP contribution in [0.4, 0.5) is 5.69 Å². The number of para-hydroxylation sites is 1. The second kappa shape index (κ2) is 5.18. The van der Waals surface area contributed by atoms with Crippen molar-refractivity contribution in [2.45, 2.75) is 0 Å². The fraction of sp³-hybridized carbons (Fsp3) is 0.0769. The van der Waals surface area contributed by atoms with Gasteiger partial charge in [-0.25, -0.2) is 0 Å². The van der Waals surface area contributed by atoms with Gasteiger partial charge in [-0.2, -0.15) is 0 Å². The number of hydrogen-bond acceptors (Lipinski definition) is 4. The molecule has 2 rings (SSSR count). The zero-order valence-corrected chi connectivity index (χ0v) is 9.42. The first-order chi connectivity index (χ1) is 8.68. The molecule has 2 N–H and O–H groups in total. The molecule has 5 nitrogen and oxygen atoms in total. The minimum absolute atomic E-state index is 0.222. The number of anilines is 1. The number of hydrogen-bond donors (Lipinski definition) is 2. The summed E-state index contributed by atoms with van der Waals surface area (Å²) in [6.07, 6.45) is 1.42. The molecule has 0 aliphatic rings. The van der Waals surface area contributed by atoms with E-state index in [1.165, 1.54) is 6.26 Å². The molecule has 0 atom stereocenters. The van der Waals surface area contributed by atoms with Crippen molar-refractivity contribution in [2.24, 2.45) is 0 Å². The maximum absolute atomic E-state index is 12.1. The van der Waals surface area contributed by atoms with Gasteiger partial charge in [-0.15, -0.1) is 0 Å². The van der Waals surface area contributed by atoms with Crippen molar-refractivity contribution >= 4 is 17.4 Å². The summed E-state index contributed by atoms with van der Waals surface area (Å²) in [5.41, 5.74) is 0.856. The van der Waals surface area contributed by atoms with E-state index in [2.05, 4.69) is 5.32 Å². The summed E-state index contributed by atoms with van der Waals surface area (Å²) in [5, 5.41) is 11.3. The van der Waals surface area contributed by atoms with Gasteiger partial charge < -0.3 is 14.8 Å². The molecule has 0 unspecified atom stereocenters. The third-order valence-corrected chi connectivity index (χ3v) is 2.35. The first kappa shape index (κ1) is 11.9. The maximum atomic E-state index is 12.1. The molecule has 2 aromatic rings. The van der Waals surface area contributed by atoms with Gasteiger partial charge in [0.25, 0.3) is 0 Å². The fourth-order valence-corrected chi connectivity index (χ4v) is 1.55. The van der Waals surface area contributed by atoms with E-state index in [0.29, 0.717) is 11.3 Å². The Bertz CT molecular complexity index is 560. The van der Waals surface area contributed by atoms with Crippen molar-refractivity contribution in [3.8, 4) is 0 Å². The minimum Gasteiger partial charge on any atom is -0.480 e. The van der Waals surface area contributed by atoms with Crippen LogP contribution in [0, 0.1) is 0 Å². The molecule has 92 valence electrons. The highest BCUT2D eigenvalue weighted by atomic mass is 16.4. The van der Waals surface area contributed by atoms with Crippen LogP contribution in [-0.4, -0.2) is 23.4 Å². The van der Waals surface area contributed by atoms with Crippen LogP contribution >= 0.6 is 0 Å². The lowest BCUT2D eigenvalue weighted by Gasteiger charge is -2.08. The van der Waals surface area contributed by atoms with Gasteiger partial charge in [0.15, 0.2) is 5.76 Å². The molecule has 1 heterocycles. The van der Waals surface area contributed by atoms with E-state index in [1.54, 1.807) is 36.4 Å². The van der Waals surface area contributed by atoms with Crippen molar-refractivity contribution in [3.63, 3.8) is 0 Å². The molecule has 18 heavy (non-hydrogen) atoms. The second-order valence-electron chi connectivity index (χ2n) is 3.60. The van der Waals surface area contributed by atoms with Crippen LogP contribution in [-0.2, 0) is 4.79 Å². The molecule has 0 saturated carbocycles. The maximum Gasteiger partial charge on any atom is 0.322 e. The number of carbonyl (C=O) groups is 2. The van der Waals surface area contributed by atoms with Crippen molar-refractivity contribution in [3.05, 3.63) is 54.0 Å². The average Bonchev–Trinajstić information content (AvgIpc) is 2.89. The van der Waals surface area contributed by atoms with Gasteiger partial charge in [0.2, 0.25) is 5.78 Å². The fourth-order valence-electron chi connectivity index (χ4n) is 1.55. The number of carboxylic acids is 1. The Hall–Kier alpha value is -2.56. The molecule has 1 aromatic heterocycles. The highest BCUT2D eigenvalue weighted by Crippen LogP contribution is 2.19. The molecule has 0 spiro atoms. The zero-order valence-electron chi connectivity index (χ0n) is 9.42. The molecule has 0 amide bonds. The van der Waals surface area contributed by atoms with Gasteiger partial charge in [0, 0.05) is 11.3 Å². The van der Waals surface area contributed by atoms with Crippen LogP contribution in [0.25, 0.3) is 0 Å². The Kier molecular flexibility index (Phi) is 3.43. The largest absolute Gasteiger partial charge is 0.480 e. The van der Waals surface area contributed by atoms with Crippen molar-refractivity contribution in [2.75, 3.05) is 11.9 Å². The molecule has 0 radical (unpaired) electrons. The van der Waals surface area contributed by atoms with E-state index >= 15 is 0 Å². The number of benzene rings is 1. The highest BCUT2D eigenvalue weighted by Gasteiger charge is 2.15. The number of aliphatic carboxylic acids is 1. The lowest BCUT2D eigenvalue weighted by molar-refractivity contribution is -0.134. The number of carboxylic acid groups (broad SMARTS) is 1. The van der Waals surface area contributed by atoms with Crippen molar-refractivity contribution < 1.29 is 19.1 Å². The summed E-state index contributed by atoms with van der Waals surface area (Å²) in [4.78, 5) is 22.6. The molecule has 0 bridgehead atoms. The van der Waals surface area contributed by atoms with Gasteiger partial charge in [-0.1, -0.05) is 12.1 Å². The minimum atomic E-state index is -0.991. The topological polar surface area (TPSA) is 79.5 Å². The van der Waals surface area contributed by atoms with E-state index in [1.807, 2.05) is 0 Å². The SMILES string of the molecule is O=C(O)CNc1ccccc1C(=O)c1ccco1. The van der Waals surface area contributed by atoms with Gasteiger partial charge in [-0.3, -0.25) is 9.59 Å². The number of rotatable bonds is 5. The molecule has 5 heteroatoms. The third-order valence-electron chi connectivity index (χ3n) is 2.35. The van der Waals surface area contributed by atoms with Crippen LogP contribution in [0.1, 0.15) is 16.1 Å². The van der Waals surface area contributed by atoms with Gasteiger partial charge >= 0.3 is 5.97 Å². The quantitative estimate of drug-likeness (QED) is 0.787. The monoisotopic (exact) mass is 245 g/mol. The predicted octanol–water partition coefficient (Wildman–Crippen LogP) is 2.01. The van der Waals surface area contributed by atoms with Crippen LogP contribution in [0.15, 0.2) is 47.1 Å². The first-order valence-corrected chi connectivity index (χ1v) is 5.31. The molecule has 1 aromatic carbocycles. The summed E-state index contributed by atoms with van der Waals surface area (Å²) < 4.78 is 5.04. The Balaban J connectivity index is 2.27. The van der Waals surface area contributed by atoms with Crippen molar-refractivity contribution in [1.29, 1.82) is 0 Å². The standard InChI is InChI=1S/C13H11NO4/c15-12(16)8-14-10-5-2-1-4-9(10)13(17)11-6-3-7-18-11/h1-7,14H,8H2,(H,15,16). The van der Waals surface area contributed by atoms with E-state index in [0.717, 1.165) is 0 Å². The number of nitrogens with one attached hydrogen (secondary N) is 1. The van der Waals surface area contributed by atoms with Crippen LogP contribution in [0.2, 0.25) is 0 Å². The van der Waals surface area contributed by atoms with Gasteiger partial charge in [0.05, 0.1) is 6.26 Å². The molecule has 0 aliphatic carbocycles. The van der Waals surface area contributed by atoms with E-state index in [9.17, 15) is 9.59 Å². The number of furan rings is 1. The van der Waals surface area contributed by atoms with Crippen LogP contribution in [0.5, 0.6) is 0 Å². The molecular weight excluding hydrogens is 234 g/mol. The summed E-state index contributed by atoms with van der Waals surface area (Å²) in [5.74, 6) is -1.05. The predicted molar refractivity (Wildman–Crippen MR) is 64.7 cm³/mol. The Morgan fingerprint density at radius 1 is 1.17 bits per heavy atom. The lowest BCUT2D eigenvalue weighted by Crippen LogP contribution is -2.15. The molecule has 0 aliphatic heterocycles. The third kappa shape index (κ3) is 2.57. The smallest absolute Gasteiger partial charge is 0.322 e. The molecular formula is C13H11NO4. The second-order valence-corrected chi connectivity index (χ2v) is 3.60. The molecule has 0 fully saturated rings. The summed E-state index contributed by atoms with van der Waals surface area (Å²) in [6.45, 7) is -0.248. The lowest BCUT2D eigenvalue weighted by atomic mass is 10.1. The normalized spacial score (nSPS) is 10.0. The summed E-state index contributed by atoms with van der Waals surface area (Å²) in [7, 11) is 0. The number of carbonyl (C=O) groups excluding carboxylic acids is 1. The van der Waals surface area contributed by atoms with Crippen LogP contribution < -0.4 is 5.32 Å². The molecule has 0 saturated heterocycles. The van der Waals surface area contributed by atoms with Crippen molar-refractivity contribution in [1.82, 2.24) is 0 Å². The highest BCUT2D eigenvalue weighted by molar-refractivity contribution is 6.10. The van der Waals surface area contributed by atoms with Crippen LogP contribution in [0.3, 0.4) is 0 Å².